The summed E-state index contributed by atoms with van der Waals surface area (Å²) in [7, 11) is 1.20. The topological polar surface area (TPSA) is 176 Å². The van der Waals surface area contributed by atoms with Gasteiger partial charge in [-0.25, -0.2) is 4.79 Å². The fourth-order valence-corrected chi connectivity index (χ4v) is 3.06. The van der Waals surface area contributed by atoms with E-state index in [4.69, 9.17) is 30.4 Å². The van der Waals surface area contributed by atoms with Gasteiger partial charge >= 0.3 is 5.97 Å². The molecule has 9 atom stereocenters. The maximum absolute atomic E-state index is 11.3. The Balaban J connectivity index is 2.10. The van der Waals surface area contributed by atoms with Crippen molar-refractivity contribution in [1.82, 2.24) is 0 Å². The van der Waals surface area contributed by atoms with Crippen LogP contribution in [-0.2, 0) is 28.5 Å². The van der Waals surface area contributed by atoms with Crippen molar-refractivity contribution in [2.75, 3.05) is 20.3 Å². The van der Waals surface area contributed by atoms with Gasteiger partial charge in [0.1, 0.15) is 43.4 Å². The molecule has 0 saturated carbocycles. The van der Waals surface area contributed by atoms with Crippen LogP contribution in [0.25, 0.3) is 0 Å². The van der Waals surface area contributed by atoms with E-state index in [-0.39, 0.29) is 0 Å². The Hall–Kier alpha value is -0.890. The zero-order chi connectivity index (χ0) is 19.4. The molecule has 0 aromatic rings. The minimum atomic E-state index is -1.28. The first-order valence-electron chi connectivity index (χ1n) is 8.46. The highest BCUT2D eigenvalue weighted by Gasteiger charge is 2.49. The van der Waals surface area contributed by atoms with Crippen molar-refractivity contribution in [2.45, 2.75) is 68.5 Å². The number of methoxy groups -OCH3 is 1. The van der Waals surface area contributed by atoms with Gasteiger partial charge in [-0.05, 0) is 6.42 Å². The van der Waals surface area contributed by atoms with E-state index in [2.05, 4.69) is 4.74 Å². The number of carbonyl (C=O) groups excluding carboxylic acids is 1. The largest absolute Gasteiger partial charge is 0.467 e. The average molecular weight is 380 g/mol. The number of carbonyl (C=O) groups is 1. The third-order valence-electron chi connectivity index (χ3n) is 4.59. The van der Waals surface area contributed by atoms with Crippen LogP contribution in [0.1, 0.15) is 13.3 Å². The van der Waals surface area contributed by atoms with Crippen LogP contribution in [0.2, 0.25) is 0 Å². The van der Waals surface area contributed by atoms with Crippen molar-refractivity contribution in [3.05, 3.63) is 0 Å². The van der Waals surface area contributed by atoms with Crippen LogP contribution in [0, 0.1) is 0 Å². The molecule has 2 rings (SSSR count). The number of aliphatic hydroxyl groups excluding tert-OH is 3. The van der Waals surface area contributed by atoms with Crippen molar-refractivity contribution >= 4 is 5.97 Å². The molecule has 7 N–H and O–H groups in total. The maximum Gasteiger partial charge on any atom is 0.331 e. The molecule has 0 spiro atoms. The van der Waals surface area contributed by atoms with Crippen LogP contribution < -0.4 is 11.5 Å². The van der Waals surface area contributed by atoms with E-state index < -0.39 is 74.4 Å². The van der Waals surface area contributed by atoms with Gasteiger partial charge in [0.2, 0.25) is 0 Å². The van der Waals surface area contributed by atoms with Gasteiger partial charge in [-0.1, -0.05) is 6.92 Å². The van der Waals surface area contributed by atoms with Gasteiger partial charge in [-0.15, -0.1) is 0 Å². The second kappa shape index (κ2) is 9.35. The second-order valence-electron chi connectivity index (χ2n) is 6.28. The lowest BCUT2D eigenvalue weighted by atomic mass is 9.97. The molecule has 2 saturated heterocycles. The standard InChI is InChI=1S/C15H28N2O9/c1-3-6-12(11(21)14(17)24-6)26-15-9(16)13(23-5-8(19)22-2)10(20)7(4-18)25-15/h6-7,9-15,18,20-21H,3-5,16-17H2,1-2H3/t6-,7?,9?,10-,11?,12-,13-,14?,15?/m1/s1. The summed E-state index contributed by atoms with van der Waals surface area (Å²) in [6.45, 7) is 0.886. The van der Waals surface area contributed by atoms with Crippen molar-refractivity contribution < 1.29 is 43.8 Å². The van der Waals surface area contributed by atoms with Gasteiger partial charge in [0.05, 0.1) is 25.9 Å². The summed E-state index contributed by atoms with van der Waals surface area (Å²) in [5, 5.41) is 29.9. The first-order valence-corrected chi connectivity index (χ1v) is 8.46. The van der Waals surface area contributed by atoms with Gasteiger partial charge < -0.3 is 50.5 Å². The van der Waals surface area contributed by atoms with E-state index in [9.17, 15) is 20.1 Å². The van der Waals surface area contributed by atoms with Gasteiger partial charge in [-0.2, -0.15) is 0 Å². The molecule has 2 heterocycles. The minimum Gasteiger partial charge on any atom is -0.467 e. The molecule has 0 aromatic carbocycles. The summed E-state index contributed by atoms with van der Waals surface area (Å²) in [5.41, 5.74) is 11.8. The van der Waals surface area contributed by atoms with Gasteiger partial charge in [-0.3, -0.25) is 0 Å². The van der Waals surface area contributed by atoms with E-state index in [1.54, 1.807) is 0 Å². The van der Waals surface area contributed by atoms with Crippen LogP contribution in [-0.4, -0.2) is 96.8 Å². The van der Waals surface area contributed by atoms with Gasteiger partial charge in [0, 0.05) is 0 Å². The number of ether oxygens (including phenoxy) is 5. The Morgan fingerprint density at radius 1 is 1.12 bits per heavy atom. The van der Waals surface area contributed by atoms with Crippen molar-refractivity contribution in [3.63, 3.8) is 0 Å². The number of nitrogens with two attached hydrogens (primary N) is 2. The van der Waals surface area contributed by atoms with Gasteiger partial charge in [0.25, 0.3) is 0 Å². The minimum absolute atomic E-state index is 0.436. The second-order valence-corrected chi connectivity index (χ2v) is 6.28. The van der Waals surface area contributed by atoms with Crippen LogP contribution in [0.5, 0.6) is 0 Å². The Morgan fingerprint density at radius 2 is 1.81 bits per heavy atom. The van der Waals surface area contributed by atoms with Crippen LogP contribution in [0.15, 0.2) is 0 Å². The summed E-state index contributed by atoms with van der Waals surface area (Å²) in [5.74, 6) is -0.648. The Morgan fingerprint density at radius 3 is 2.38 bits per heavy atom. The molecule has 11 nitrogen and oxygen atoms in total. The molecule has 0 radical (unpaired) electrons. The summed E-state index contributed by atoms with van der Waals surface area (Å²) in [6, 6.07) is -1.00. The molecule has 0 aliphatic carbocycles. The lowest BCUT2D eigenvalue weighted by Gasteiger charge is -2.43. The Kier molecular flexibility index (Phi) is 7.70. The van der Waals surface area contributed by atoms with Gasteiger partial charge in [0.15, 0.2) is 6.29 Å². The van der Waals surface area contributed by atoms with Crippen molar-refractivity contribution in [1.29, 1.82) is 0 Å². The molecule has 0 amide bonds. The van der Waals surface area contributed by atoms with Crippen LogP contribution >= 0.6 is 0 Å². The predicted octanol–water partition coefficient (Wildman–Crippen LogP) is -3.21. The fourth-order valence-electron chi connectivity index (χ4n) is 3.06. The van der Waals surface area contributed by atoms with E-state index in [1.165, 1.54) is 7.11 Å². The van der Waals surface area contributed by atoms with E-state index >= 15 is 0 Å². The average Bonchev–Trinajstić information content (AvgIpc) is 2.91. The molecule has 0 aromatic heterocycles. The zero-order valence-electron chi connectivity index (χ0n) is 14.8. The highest BCUT2D eigenvalue weighted by Crippen LogP contribution is 2.29. The van der Waals surface area contributed by atoms with E-state index in [0.717, 1.165) is 0 Å². The molecule has 2 aliphatic rings. The highest BCUT2D eigenvalue weighted by atomic mass is 16.7. The summed E-state index contributed by atoms with van der Waals surface area (Å²) >= 11 is 0. The number of hydrogen-bond acceptors (Lipinski definition) is 11. The maximum atomic E-state index is 11.3. The van der Waals surface area contributed by atoms with Crippen molar-refractivity contribution in [3.8, 4) is 0 Å². The third kappa shape index (κ3) is 4.50. The molecule has 5 unspecified atom stereocenters. The van der Waals surface area contributed by atoms with E-state index in [1.807, 2.05) is 6.92 Å². The SMILES string of the molecule is CC[C@H]1OC(N)C(O)[C@@H]1OC1OC(CO)[C@@H](O)[C@H](OCC(=O)OC)C1N. The molecular weight excluding hydrogens is 352 g/mol. The Bertz CT molecular complexity index is 468. The first kappa shape index (κ1) is 21.4. The smallest absolute Gasteiger partial charge is 0.331 e. The summed E-state index contributed by atoms with van der Waals surface area (Å²) in [6.07, 6.45) is -7.25. The molecule has 0 bridgehead atoms. The first-order chi connectivity index (χ1) is 12.3. The van der Waals surface area contributed by atoms with Crippen LogP contribution in [0.3, 0.4) is 0 Å². The monoisotopic (exact) mass is 380 g/mol. The lowest BCUT2D eigenvalue weighted by molar-refractivity contribution is -0.291. The number of hydrogen-bond donors (Lipinski definition) is 5. The molecule has 2 aliphatic heterocycles. The normalized spacial score (nSPS) is 43.4. The summed E-state index contributed by atoms with van der Waals surface area (Å²) in [4.78, 5) is 11.3. The Labute approximate surface area is 151 Å². The molecular formula is C15H28N2O9. The third-order valence-corrected chi connectivity index (χ3v) is 4.59. The molecule has 26 heavy (non-hydrogen) atoms. The highest BCUT2D eigenvalue weighted by molar-refractivity contribution is 5.70. The van der Waals surface area contributed by atoms with Crippen LogP contribution in [0.4, 0.5) is 0 Å². The number of rotatable bonds is 7. The molecule has 2 fully saturated rings. The summed E-state index contributed by atoms with van der Waals surface area (Å²) < 4.78 is 26.5. The lowest BCUT2D eigenvalue weighted by Crippen LogP contribution is -2.64. The van der Waals surface area contributed by atoms with Crippen molar-refractivity contribution in [2.24, 2.45) is 11.5 Å². The fraction of sp³-hybridized carbons (Fsp3) is 0.933. The quantitative estimate of drug-likeness (QED) is 0.281. The van der Waals surface area contributed by atoms with E-state index in [0.29, 0.717) is 6.42 Å². The predicted molar refractivity (Wildman–Crippen MR) is 85.5 cm³/mol. The number of esters is 1. The molecule has 11 heteroatoms. The zero-order valence-corrected chi connectivity index (χ0v) is 14.8. The molecule has 152 valence electrons. The number of aliphatic hydroxyl groups is 3.